The summed E-state index contributed by atoms with van der Waals surface area (Å²) >= 11 is 1.53. The van der Waals surface area contributed by atoms with Crippen molar-refractivity contribution in [1.82, 2.24) is 19.7 Å². The average molecular weight is 393 g/mol. The van der Waals surface area contributed by atoms with Gasteiger partial charge in [0.1, 0.15) is 5.82 Å². The molecule has 4 rings (SSSR count). The van der Waals surface area contributed by atoms with Crippen molar-refractivity contribution in [2.45, 2.75) is 74.7 Å². The lowest BCUT2D eigenvalue weighted by atomic mass is 9.97. The third-order valence-electron chi connectivity index (χ3n) is 5.60. The molecule has 1 aliphatic heterocycles. The Hall–Kier alpha value is -1.57. The van der Waals surface area contributed by atoms with Crippen molar-refractivity contribution in [3.63, 3.8) is 0 Å². The maximum Gasteiger partial charge on any atom is 0.309 e. The molecule has 8 heteroatoms. The molecule has 1 unspecified atom stereocenters. The molecule has 1 aromatic heterocycles. The van der Waals surface area contributed by atoms with Gasteiger partial charge in [-0.15, -0.1) is 10.2 Å². The molecule has 0 bridgehead atoms. The Balaban J connectivity index is 1.34. The van der Waals surface area contributed by atoms with Gasteiger partial charge in [-0.2, -0.15) is 0 Å². The fourth-order valence-corrected chi connectivity index (χ4v) is 4.74. The van der Waals surface area contributed by atoms with Gasteiger partial charge in [-0.3, -0.25) is 9.59 Å². The van der Waals surface area contributed by atoms with Gasteiger partial charge >= 0.3 is 5.97 Å². The Labute approximate surface area is 164 Å². The minimum Gasteiger partial charge on any atom is -0.466 e. The van der Waals surface area contributed by atoms with E-state index < -0.39 is 0 Å². The van der Waals surface area contributed by atoms with Crippen LogP contribution in [0.1, 0.15) is 70.2 Å². The number of esters is 1. The quantitative estimate of drug-likeness (QED) is 0.524. The van der Waals surface area contributed by atoms with Gasteiger partial charge in [0.05, 0.1) is 17.8 Å². The second kappa shape index (κ2) is 7.81. The zero-order valence-corrected chi connectivity index (χ0v) is 16.9. The molecule has 148 valence electrons. The first-order valence-corrected chi connectivity index (χ1v) is 11.0. The summed E-state index contributed by atoms with van der Waals surface area (Å²) in [5, 5.41) is 9.53. The SMILES string of the molecule is CCOC(=O)C1CCN(C(=O)C(C)Sc2nnc(C3CC3)n2C2CC2)CC1. The van der Waals surface area contributed by atoms with E-state index in [1.165, 1.54) is 37.4 Å². The molecule has 1 atom stereocenters. The predicted octanol–water partition coefficient (Wildman–Crippen LogP) is 2.77. The number of amides is 1. The van der Waals surface area contributed by atoms with E-state index in [4.69, 9.17) is 4.74 Å². The zero-order valence-electron chi connectivity index (χ0n) is 16.1. The van der Waals surface area contributed by atoms with E-state index in [9.17, 15) is 9.59 Å². The Morgan fingerprint density at radius 1 is 1.15 bits per heavy atom. The summed E-state index contributed by atoms with van der Waals surface area (Å²) in [7, 11) is 0. The molecule has 0 spiro atoms. The summed E-state index contributed by atoms with van der Waals surface area (Å²) in [4.78, 5) is 26.6. The van der Waals surface area contributed by atoms with Gasteiger partial charge in [0.2, 0.25) is 5.91 Å². The number of carbonyl (C=O) groups excluding carboxylic acids is 2. The molecule has 1 amide bonds. The largest absolute Gasteiger partial charge is 0.466 e. The summed E-state index contributed by atoms with van der Waals surface area (Å²) in [6.07, 6.45) is 6.17. The number of thioether (sulfide) groups is 1. The van der Waals surface area contributed by atoms with Crippen LogP contribution in [-0.4, -0.2) is 56.5 Å². The fourth-order valence-electron chi connectivity index (χ4n) is 3.73. The number of hydrogen-bond donors (Lipinski definition) is 0. The van der Waals surface area contributed by atoms with Crippen LogP contribution in [0.4, 0.5) is 0 Å². The number of piperidine rings is 1. The van der Waals surface area contributed by atoms with E-state index in [1.54, 1.807) is 0 Å². The topological polar surface area (TPSA) is 77.3 Å². The number of ether oxygens (including phenoxy) is 1. The number of nitrogens with zero attached hydrogens (tertiary/aromatic N) is 4. The number of aromatic nitrogens is 3. The van der Waals surface area contributed by atoms with E-state index >= 15 is 0 Å². The van der Waals surface area contributed by atoms with E-state index in [2.05, 4.69) is 14.8 Å². The van der Waals surface area contributed by atoms with E-state index in [0.29, 0.717) is 44.5 Å². The molecule has 0 N–H and O–H groups in total. The monoisotopic (exact) mass is 392 g/mol. The second-order valence-corrected chi connectivity index (χ2v) is 9.14. The van der Waals surface area contributed by atoms with Gasteiger partial charge in [0, 0.05) is 25.0 Å². The van der Waals surface area contributed by atoms with Crippen LogP contribution in [0.2, 0.25) is 0 Å². The Bertz CT molecular complexity index is 706. The smallest absolute Gasteiger partial charge is 0.309 e. The molecule has 1 aromatic rings. The van der Waals surface area contributed by atoms with Gasteiger partial charge in [-0.1, -0.05) is 11.8 Å². The first-order chi connectivity index (χ1) is 13.1. The van der Waals surface area contributed by atoms with Gasteiger partial charge in [-0.25, -0.2) is 0 Å². The Morgan fingerprint density at radius 2 is 1.85 bits per heavy atom. The van der Waals surface area contributed by atoms with Crippen molar-refractivity contribution in [2.75, 3.05) is 19.7 Å². The summed E-state index contributed by atoms with van der Waals surface area (Å²) in [6, 6.07) is 0.528. The Morgan fingerprint density at radius 3 is 2.44 bits per heavy atom. The molecule has 3 fully saturated rings. The molecule has 3 aliphatic rings. The summed E-state index contributed by atoms with van der Waals surface area (Å²) < 4.78 is 7.40. The highest BCUT2D eigenvalue weighted by molar-refractivity contribution is 8.00. The van der Waals surface area contributed by atoms with Crippen molar-refractivity contribution >= 4 is 23.6 Å². The van der Waals surface area contributed by atoms with Crippen molar-refractivity contribution < 1.29 is 14.3 Å². The minimum absolute atomic E-state index is 0.0731. The third-order valence-corrected chi connectivity index (χ3v) is 6.65. The Kier molecular flexibility index (Phi) is 5.43. The standard InChI is InChI=1S/C19H28N4O3S/c1-3-26-18(25)14-8-10-22(11-9-14)17(24)12(2)27-19-21-20-16(13-4-5-13)23(19)15-6-7-15/h12-15H,3-11H2,1-2H3. The molecule has 1 saturated heterocycles. The summed E-state index contributed by atoms with van der Waals surface area (Å²) in [5.74, 6) is 1.61. The predicted molar refractivity (Wildman–Crippen MR) is 102 cm³/mol. The number of likely N-dealkylation sites (tertiary alicyclic amines) is 1. The van der Waals surface area contributed by atoms with E-state index in [-0.39, 0.29) is 23.0 Å². The van der Waals surface area contributed by atoms with Crippen molar-refractivity contribution in [2.24, 2.45) is 5.92 Å². The number of carbonyl (C=O) groups is 2. The van der Waals surface area contributed by atoms with Gasteiger partial charge in [0.15, 0.2) is 5.16 Å². The molecule has 2 saturated carbocycles. The molecular weight excluding hydrogens is 364 g/mol. The highest BCUT2D eigenvalue weighted by Crippen LogP contribution is 2.46. The first-order valence-electron chi connectivity index (χ1n) is 10.1. The first kappa shape index (κ1) is 18.8. The molecule has 27 heavy (non-hydrogen) atoms. The van der Waals surface area contributed by atoms with Crippen LogP contribution in [0.15, 0.2) is 5.16 Å². The van der Waals surface area contributed by atoms with Crippen LogP contribution in [0, 0.1) is 5.92 Å². The average Bonchev–Trinajstić information content (AvgIpc) is 3.60. The van der Waals surface area contributed by atoms with Crippen LogP contribution in [0.25, 0.3) is 0 Å². The molecule has 0 aromatic carbocycles. The van der Waals surface area contributed by atoms with Crippen molar-refractivity contribution in [3.05, 3.63) is 5.82 Å². The lowest BCUT2D eigenvalue weighted by Gasteiger charge is -2.32. The molecule has 2 heterocycles. The van der Waals surface area contributed by atoms with E-state index in [0.717, 1.165) is 11.0 Å². The van der Waals surface area contributed by atoms with Crippen LogP contribution >= 0.6 is 11.8 Å². The van der Waals surface area contributed by atoms with Crippen LogP contribution < -0.4 is 0 Å². The molecular formula is C19H28N4O3S. The third kappa shape index (κ3) is 4.15. The molecule has 2 aliphatic carbocycles. The van der Waals surface area contributed by atoms with Gasteiger partial charge < -0.3 is 14.2 Å². The molecule has 0 radical (unpaired) electrons. The lowest BCUT2D eigenvalue weighted by molar-refractivity contribution is -0.151. The summed E-state index contributed by atoms with van der Waals surface area (Å²) in [6.45, 7) is 5.43. The van der Waals surface area contributed by atoms with Gasteiger partial charge in [0.25, 0.3) is 0 Å². The highest BCUT2D eigenvalue weighted by atomic mass is 32.2. The number of rotatable bonds is 7. The molecule has 7 nitrogen and oxygen atoms in total. The maximum absolute atomic E-state index is 12.9. The minimum atomic E-state index is -0.196. The van der Waals surface area contributed by atoms with E-state index in [1.807, 2.05) is 18.7 Å². The maximum atomic E-state index is 12.9. The van der Waals surface area contributed by atoms with Gasteiger partial charge in [-0.05, 0) is 52.4 Å². The fraction of sp³-hybridized carbons (Fsp3) is 0.789. The van der Waals surface area contributed by atoms with Crippen molar-refractivity contribution in [3.8, 4) is 0 Å². The van der Waals surface area contributed by atoms with Crippen LogP contribution in [-0.2, 0) is 14.3 Å². The zero-order chi connectivity index (χ0) is 19.0. The van der Waals surface area contributed by atoms with Crippen LogP contribution in [0.3, 0.4) is 0 Å². The lowest BCUT2D eigenvalue weighted by Crippen LogP contribution is -2.43. The summed E-state index contributed by atoms with van der Waals surface area (Å²) in [5.41, 5.74) is 0. The van der Waals surface area contributed by atoms with Crippen molar-refractivity contribution in [1.29, 1.82) is 0 Å². The highest BCUT2D eigenvalue weighted by Gasteiger charge is 2.37. The number of hydrogen-bond acceptors (Lipinski definition) is 6. The second-order valence-electron chi connectivity index (χ2n) is 7.83. The van der Waals surface area contributed by atoms with Crippen LogP contribution in [0.5, 0.6) is 0 Å². The normalized spacial score (nSPS) is 21.9.